The van der Waals surface area contributed by atoms with E-state index < -0.39 is 6.10 Å². The first-order valence-corrected chi connectivity index (χ1v) is 11.9. The molecule has 2 heterocycles. The summed E-state index contributed by atoms with van der Waals surface area (Å²) in [5, 5.41) is 21.6. The van der Waals surface area contributed by atoms with Gasteiger partial charge in [0.05, 0.1) is 23.2 Å². The summed E-state index contributed by atoms with van der Waals surface area (Å²) in [6.45, 7) is 7.98. The van der Waals surface area contributed by atoms with Crippen LogP contribution in [0.2, 0.25) is 0 Å². The quantitative estimate of drug-likeness (QED) is 0.403. The largest absolute Gasteiger partial charge is 0.393 e. The molecule has 1 fully saturated rings. The Hall–Kier alpha value is -2.95. The summed E-state index contributed by atoms with van der Waals surface area (Å²) in [6.07, 6.45) is 11.8. The minimum Gasteiger partial charge on any atom is -0.393 e. The van der Waals surface area contributed by atoms with Crippen molar-refractivity contribution >= 4 is 11.0 Å². The molecule has 0 saturated heterocycles. The zero-order chi connectivity index (χ0) is 23.0. The fraction of sp³-hybridized carbons (Fsp3) is 0.345. The van der Waals surface area contributed by atoms with Crippen LogP contribution < -0.4 is 0 Å². The predicted octanol–water partition coefficient (Wildman–Crippen LogP) is 6.14. The summed E-state index contributed by atoms with van der Waals surface area (Å²) in [5.41, 5.74) is 7.34. The van der Waals surface area contributed by atoms with Gasteiger partial charge in [-0.15, -0.1) is 0 Å². The zero-order valence-corrected chi connectivity index (χ0v) is 19.0. The van der Waals surface area contributed by atoms with Crippen LogP contribution in [0.3, 0.4) is 0 Å². The van der Waals surface area contributed by atoms with Crippen LogP contribution in [-0.2, 0) is 5.41 Å². The molecular formula is C29H32N2O2. The smallest absolute Gasteiger partial charge is 0.0885 e. The molecular weight excluding hydrogens is 408 g/mol. The van der Waals surface area contributed by atoms with Crippen LogP contribution >= 0.6 is 0 Å². The van der Waals surface area contributed by atoms with E-state index in [0.29, 0.717) is 6.42 Å². The number of allylic oxidation sites excluding steroid dienone is 4. The third kappa shape index (κ3) is 3.98. The van der Waals surface area contributed by atoms with Gasteiger partial charge in [0.1, 0.15) is 0 Å². The van der Waals surface area contributed by atoms with E-state index in [1.54, 1.807) is 12.3 Å². The highest BCUT2D eigenvalue weighted by Crippen LogP contribution is 2.56. The van der Waals surface area contributed by atoms with E-state index in [1.165, 1.54) is 5.56 Å². The number of aromatic nitrogens is 2. The van der Waals surface area contributed by atoms with Gasteiger partial charge in [0.2, 0.25) is 0 Å². The van der Waals surface area contributed by atoms with Crippen LogP contribution in [0.4, 0.5) is 0 Å². The number of hydrogen-bond acceptors (Lipinski definition) is 3. The molecule has 2 aliphatic rings. The molecule has 3 N–H and O–H groups in total. The Morgan fingerprint density at radius 2 is 2.09 bits per heavy atom. The highest BCUT2D eigenvalue weighted by Gasteiger charge is 2.49. The van der Waals surface area contributed by atoms with E-state index in [2.05, 4.69) is 47.4 Å². The SMILES string of the molecule is C=C/C=C\C(=C)CC[C@@]12CC[C@@H](O)CC1C[C@@H](O)c1cc(-c3cc4ncccc4[nH]3)ccc12. The van der Waals surface area contributed by atoms with Gasteiger partial charge in [0, 0.05) is 11.9 Å². The molecule has 1 aromatic carbocycles. The molecule has 3 aromatic rings. The first-order valence-electron chi connectivity index (χ1n) is 11.9. The summed E-state index contributed by atoms with van der Waals surface area (Å²) < 4.78 is 0. The molecule has 2 aliphatic carbocycles. The van der Waals surface area contributed by atoms with Crippen LogP contribution in [-0.4, -0.2) is 26.3 Å². The molecule has 2 aromatic heterocycles. The number of rotatable bonds is 6. The second-order valence-corrected chi connectivity index (χ2v) is 9.71. The van der Waals surface area contributed by atoms with Gasteiger partial charge in [0.15, 0.2) is 0 Å². The molecule has 0 bridgehead atoms. The Kier molecular flexibility index (Phi) is 5.81. The van der Waals surface area contributed by atoms with Gasteiger partial charge >= 0.3 is 0 Å². The maximum absolute atomic E-state index is 11.2. The topological polar surface area (TPSA) is 69.1 Å². The van der Waals surface area contributed by atoms with E-state index in [-0.39, 0.29) is 17.4 Å². The Labute approximate surface area is 195 Å². The summed E-state index contributed by atoms with van der Waals surface area (Å²) in [4.78, 5) is 7.90. The molecule has 4 nitrogen and oxygen atoms in total. The summed E-state index contributed by atoms with van der Waals surface area (Å²) in [5.74, 6) is 0.267. The highest BCUT2D eigenvalue weighted by atomic mass is 16.3. The van der Waals surface area contributed by atoms with Crippen molar-refractivity contribution in [3.05, 3.63) is 90.7 Å². The number of nitrogens with one attached hydrogen (secondary N) is 1. The normalized spacial score (nSPS) is 26.8. The number of aliphatic hydroxyl groups is 2. The molecule has 33 heavy (non-hydrogen) atoms. The highest BCUT2D eigenvalue weighted by molar-refractivity contribution is 5.82. The van der Waals surface area contributed by atoms with Crippen LogP contribution in [0, 0.1) is 5.92 Å². The number of aliphatic hydroxyl groups excluding tert-OH is 2. The fourth-order valence-electron chi connectivity index (χ4n) is 6.08. The second-order valence-electron chi connectivity index (χ2n) is 9.71. The van der Waals surface area contributed by atoms with Gasteiger partial charge in [-0.2, -0.15) is 0 Å². The lowest BCUT2D eigenvalue weighted by Gasteiger charge is -2.51. The van der Waals surface area contributed by atoms with Crippen molar-refractivity contribution in [3.63, 3.8) is 0 Å². The molecule has 170 valence electrons. The van der Waals surface area contributed by atoms with Crippen LogP contribution in [0.1, 0.15) is 55.8 Å². The molecule has 0 radical (unpaired) electrons. The van der Waals surface area contributed by atoms with E-state index in [9.17, 15) is 10.2 Å². The van der Waals surface area contributed by atoms with Gasteiger partial charge in [-0.1, -0.05) is 49.1 Å². The van der Waals surface area contributed by atoms with Crippen molar-refractivity contribution in [3.8, 4) is 11.3 Å². The standard InChI is InChI=1S/C29H32N2O2/c1-3-4-6-19(2)10-12-29-13-11-22(32)16-21(29)17-28(33)23-15-20(8-9-24(23)29)26-18-27-25(31-26)7-5-14-30-27/h3-9,14-15,18,21-22,28,31-33H,1-2,10-13,16-17H2/b6-4-/t21?,22-,28-,29-/m1/s1. The average molecular weight is 441 g/mol. The third-order valence-electron chi connectivity index (χ3n) is 7.78. The second kappa shape index (κ2) is 8.77. The molecule has 0 amide bonds. The zero-order valence-electron chi connectivity index (χ0n) is 19.0. The number of H-pyrrole nitrogens is 1. The van der Waals surface area contributed by atoms with Crippen molar-refractivity contribution < 1.29 is 10.2 Å². The van der Waals surface area contributed by atoms with E-state index in [0.717, 1.165) is 65.5 Å². The Morgan fingerprint density at radius 1 is 1.21 bits per heavy atom. The number of aromatic amines is 1. The molecule has 0 aliphatic heterocycles. The maximum Gasteiger partial charge on any atom is 0.0885 e. The van der Waals surface area contributed by atoms with Crippen molar-refractivity contribution in [2.45, 2.75) is 56.1 Å². The van der Waals surface area contributed by atoms with Crippen molar-refractivity contribution in [1.29, 1.82) is 0 Å². The summed E-state index contributed by atoms with van der Waals surface area (Å²) in [6, 6.07) is 12.6. The number of nitrogens with zero attached hydrogens (tertiary/aromatic N) is 1. The van der Waals surface area contributed by atoms with Gasteiger partial charge in [-0.25, -0.2) is 0 Å². The van der Waals surface area contributed by atoms with Crippen LogP contribution in [0.25, 0.3) is 22.3 Å². The number of fused-ring (bicyclic) bond motifs is 4. The lowest BCUT2D eigenvalue weighted by molar-refractivity contribution is 0.00419. The molecule has 4 atom stereocenters. The minimum atomic E-state index is -0.519. The lowest BCUT2D eigenvalue weighted by atomic mass is 9.54. The summed E-state index contributed by atoms with van der Waals surface area (Å²) in [7, 11) is 0. The number of pyridine rings is 1. The number of benzene rings is 1. The number of hydrogen-bond donors (Lipinski definition) is 3. The van der Waals surface area contributed by atoms with Crippen LogP contribution in [0.15, 0.2) is 79.6 Å². The Bertz CT molecular complexity index is 1190. The molecule has 5 rings (SSSR count). The van der Waals surface area contributed by atoms with E-state index >= 15 is 0 Å². The van der Waals surface area contributed by atoms with Crippen molar-refractivity contribution in [2.75, 3.05) is 0 Å². The van der Waals surface area contributed by atoms with E-state index in [4.69, 9.17) is 0 Å². The molecule has 1 saturated carbocycles. The summed E-state index contributed by atoms with van der Waals surface area (Å²) >= 11 is 0. The van der Waals surface area contributed by atoms with Crippen molar-refractivity contribution in [2.24, 2.45) is 5.92 Å². The first-order chi connectivity index (χ1) is 16.0. The van der Waals surface area contributed by atoms with Gasteiger partial charge in [0.25, 0.3) is 0 Å². The Morgan fingerprint density at radius 3 is 2.91 bits per heavy atom. The van der Waals surface area contributed by atoms with Gasteiger partial charge in [-0.3, -0.25) is 4.98 Å². The average Bonchev–Trinajstić information content (AvgIpc) is 3.26. The molecule has 1 unspecified atom stereocenters. The predicted molar refractivity (Wildman–Crippen MR) is 134 cm³/mol. The van der Waals surface area contributed by atoms with E-state index in [1.807, 2.05) is 24.3 Å². The Balaban J connectivity index is 1.54. The monoisotopic (exact) mass is 440 g/mol. The minimum absolute atomic E-state index is 0.0424. The maximum atomic E-state index is 11.2. The molecule has 0 spiro atoms. The van der Waals surface area contributed by atoms with Crippen LogP contribution in [0.5, 0.6) is 0 Å². The third-order valence-corrected chi connectivity index (χ3v) is 7.78. The first kappa shape index (κ1) is 21.9. The fourth-order valence-corrected chi connectivity index (χ4v) is 6.08. The lowest BCUT2D eigenvalue weighted by Crippen LogP contribution is -2.46. The van der Waals surface area contributed by atoms with Gasteiger partial charge < -0.3 is 15.2 Å². The van der Waals surface area contributed by atoms with Gasteiger partial charge in [-0.05, 0) is 90.8 Å². The van der Waals surface area contributed by atoms with Crippen molar-refractivity contribution in [1.82, 2.24) is 9.97 Å². The molecule has 4 heteroatoms.